The molecule has 10 heteroatoms. The van der Waals surface area contributed by atoms with Crippen LogP contribution in [0.4, 0.5) is 20.4 Å². The molecule has 1 saturated heterocycles. The monoisotopic (exact) mass is 508 g/mol. The minimum Gasteiger partial charge on any atom is -0.364 e. The van der Waals surface area contributed by atoms with Crippen molar-refractivity contribution in [3.05, 3.63) is 74.5 Å². The third-order valence-electron chi connectivity index (χ3n) is 8.18. The van der Waals surface area contributed by atoms with E-state index in [4.69, 9.17) is 4.98 Å². The van der Waals surface area contributed by atoms with Crippen molar-refractivity contribution in [3.8, 4) is 0 Å². The van der Waals surface area contributed by atoms with Gasteiger partial charge in [0, 0.05) is 53.3 Å². The van der Waals surface area contributed by atoms with Crippen LogP contribution in [0, 0.1) is 11.6 Å². The highest BCUT2D eigenvalue weighted by molar-refractivity contribution is 7.15. The normalized spacial score (nSPS) is 18.7. The number of hydrogen-bond donors (Lipinski definition) is 1. The molecule has 0 bridgehead atoms. The van der Waals surface area contributed by atoms with Crippen molar-refractivity contribution in [1.29, 1.82) is 0 Å². The first-order chi connectivity index (χ1) is 17.5. The molecule has 2 aliphatic heterocycles. The molecular formula is C26H26F2N6OS. The van der Waals surface area contributed by atoms with E-state index in [0.717, 1.165) is 53.5 Å². The largest absolute Gasteiger partial charge is 0.364 e. The van der Waals surface area contributed by atoms with E-state index in [0.29, 0.717) is 56.2 Å². The zero-order valence-corrected chi connectivity index (χ0v) is 20.6. The second-order valence-electron chi connectivity index (χ2n) is 10.3. The van der Waals surface area contributed by atoms with Gasteiger partial charge in [-0.25, -0.2) is 18.7 Å². The molecule has 0 radical (unpaired) electrons. The number of nitrogens with zero attached hydrogens (tertiary/aromatic N) is 5. The van der Waals surface area contributed by atoms with Crippen molar-refractivity contribution in [2.45, 2.75) is 50.5 Å². The molecule has 4 aromatic rings. The fourth-order valence-corrected chi connectivity index (χ4v) is 7.22. The van der Waals surface area contributed by atoms with Gasteiger partial charge in [-0.2, -0.15) is 0 Å². The third kappa shape index (κ3) is 3.37. The van der Waals surface area contributed by atoms with Gasteiger partial charge in [0.15, 0.2) is 0 Å². The van der Waals surface area contributed by atoms with Gasteiger partial charge in [-0.3, -0.25) is 14.2 Å². The standard InChI is InChI=1S/C26H26F2N6OS/c27-16-9-19(28)23-21(10-16)33(12-17-13-36-22-11-29-15-34(17)22)14-26(23)5-7-32(8-6-26)25-30-20-4-2-1-3-18(20)24(35)31-25/h9-11,13,15H,1-8,12,14H2,(H,30,31,35). The highest BCUT2D eigenvalue weighted by Gasteiger charge is 2.47. The molecule has 1 aliphatic carbocycles. The van der Waals surface area contributed by atoms with Crippen LogP contribution in [0.5, 0.6) is 0 Å². The summed E-state index contributed by atoms with van der Waals surface area (Å²) in [6.45, 7) is 2.47. The van der Waals surface area contributed by atoms with Crippen LogP contribution in [0.25, 0.3) is 4.83 Å². The van der Waals surface area contributed by atoms with Gasteiger partial charge in [0.1, 0.15) is 22.8 Å². The predicted molar refractivity (Wildman–Crippen MR) is 135 cm³/mol. The molecule has 1 aromatic carbocycles. The van der Waals surface area contributed by atoms with Gasteiger partial charge in [-0.15, -0.1) is 11.3 Å². The molecule has 3 aliphatic rings. The molecule has 5 heterocycles. The number of piperidine rings is 1. The Hall–Kier alpha value is -3.27. The molecular weight excluding hydrogens is 482 g/mol. The lowest BCUT2D eigenvalue weighted by atomic mass is 9.74. The minimum absolute atomic E-state index is 0.0320. The molecule has 1 spiro atoms. The Balaban J connectivity index is 1.19. The summed E-state index contributed by atoms with van der Waals surface area (Å²) in [5.74, 6) is -0.412. The number of aromatic nitrogens is 4. The zero-order valence-electron chi connectivity index (χ0n) is 19.8. The summed E-state index contributed by atoms with van der Waals surface area (Å²) in [4.78, 5) is 29.9. The van der Waals surface area contributed by atoms with Crippen LogP contribution >= 0.6 is 11.3 Å². The van der Waals surface area contributed by atoms with E-state index in [9.17, 15) is 9.18 Å². The highest BCUT2D eigenvalue weighted by atomic mass is 32.1. The number of nitrogens with one attached hydrogen (secondary N) is 1. The molecule has 186 valence electrons. The third-order valence-corrected chi connectivity index (χ3v) is 9.11. The lowest BCUT2D eigenvalue weighted by molar-refractivity contribution is 0.337. The first-order valence-electron chi connectivity index (χ1n) is 12.5. The number of rotatable bonds is 3. The van der Waals surface area contributed by atoms with Crippen LogP contribution < -0.4 is 15.4 Å². The maximum absolute atomic E-state index is 15.3. The first kappa shape index (κ1) is 22.0. The summed E-state index contributed by atoms with van der Waals surface area (Å²) in [5.41, 5.74) is 3.60. The summed E-state index contributed by atoms with van der Waals surface area (Å²) in [7, 11) is 0. The number of anilines is 2. The number of imidazole rings is 1. The Bertz CT molecular complexity index is 1530. The predicted octanol–water partition coefficient (Wildman–Crippen LogP) is 4.19. The van der Waals surface area contributed by atoms with Crippen molar-refractivity contribution in [2.75, 3.05) is 29.4 Å². The highest BCUT2D eigenvalue weighted by Crippen LogP contribution is 2.49. The molecule has 7 rings (SSSR count). The van der Waals surface area contributed by atoms with Gasteiger partial charge in [0.05, 0.1) is 24.1 Å². The Kier molecular flexibility index (Phi) is 4.96. The van der Waals surface area contributed by atoms with Crippen LogP contribution in [0.1, 0.15) is 48.2 Å². The van der Waals surface area contributed by atoms with Crippen molar-refractivity contribution < 1.29 is 8.78 Å². The van der Waals surface area contributed by atoms with E-state index in [1.165, 1.54) is 6.07 Å². The Morgan fingerprint density at radius 1 is 1.14 bits per heavy atom. The minimum atomic E-state index is -0.556. The number of H-pyrrole nitrogens is 1. The quantitative estimate of drug-likeness (QED) is 0.449. The zero-order chi connectivity index (χ0) is 24.4. The fraction of sp³-hybridized carbons (Fsp3) is 0.423. The Morgan fingerprint density at radius 3 is 2.83 bits per heavy atom. The lowest BCUT2D eigenvalue weighted by Crippen LogP contribution is -2.46. The molecule has 0 atom stereocenters. The smallest absolute Gasteiger partial charge is 0.255 e. The second-order valence-corrected chi connectivity index (χ2v) is 11.1. The van der Waals surface area contributed by atoms with Gasteiger partial charge < -0.3 is 9.80 Å². The van der Waals surface area contributed by atoms with Gasteiger partial charge in [0.25, 0.3) is 5.56 Å². The van der Waals surface area contributed by atoms with E-state index in [-0.39, 0.29) is 5.56 Å². The van der Waals surface area contributed by atoms with Crippen molar-refractivity contribution in [1.82, 2.24) is 19.4 Å². The summed E-state index contributed by atoms with van der Waals surface area (Å²) >= 11 is 1.61. The van der Waals surface area contributed by atoms with Crippen molar-refractivity contribution >= 4 is 27.8 Å². The maximum atomic E-state index is 15.3. The van der Waals surface area contributed by atoms with Gasteiger partial charge in [0.2, 0.25) is 5.95 Å². The lowest BCUT2D eigenvalue weighted by Gasteiger charge is -2.40. The number of aromatic amines is 1. The summed E-state index contributed by atoms with van der Waals surface area (Å²) in [6.07, 6.45) is 8.72. The fourth-order valence-electron chi connectivity index (χ4n) is 6.38. The van der Waals surface area contributed by atoms with E-state index in [1.54, 1.807) is 17.7 Å². The van der Waals surface area contributed by atoms with Gasteiger partial charge in [-0.1, -0.05) is 0 Å². The number of fused-ring (bicyclic) bond motifs is 4. The van der Waals surface area contributed by atoms with Gasteiger partial charge >= 0.3 is 0 Å². The molecule has 36 heavy (non-hydrogen) atoms. The summed E-state index contributed by atoms with van der Waals surface area (Å²) in [6, 6.07) is 2.48. The molecule has 0 unspecified atom stereocenters. The average Bonchev–Trinajstić information content (AvgIpc) is 3.55. The van der Waals surface area contributed by atoms with E-state index >= 15 is 4.39 Å². The number of aryl methyl sites for hydroxylation is 1. The maximum Gasteiger partial charge on any atom is 0.255 e. The van der Waals surface area contributed by atoms with E-state index < -0.39 is 17.0 Å². The van der Waals surface area contributed by atoms with Crippen LogP contribution in [0.15, 0.2) is 34.8 Å². The van der Waals surface area contributed by atoms with Crippen LogP contribution in [-0.2, 0) is 24.8 Å². The number of benzene rings is 1. The van der Waals surface area contributed by atoms with Gasteiger partial charge in [-0.05, 0) is 44.6 Å². The molecule has 7 nitrogen and oxygen atoms in total. The van der Waals surface area contributed by atoms with E-state index in [1.807, 2.05) is 10.6 Å². The topological polar surface area (TPSA) is 69.5 Å². The second kappa shape index (κ2) is 8.12. The molecule has 3 aromatic heterocycles. The SMILES string of the molecule is O=c1[nH]c(N2CCC3(CC2)CN(Cc2csc4cncn24)c2cc(F)cc(F)c23)nc2c1CCCC2. The first-order valence-corrected chi connectivity index (χ1v) is 13.4. The summed E-state index contributed by atoms with van der Waals surface area (Å²) < 4.78 is 31.7. The molecule has 0 saturated carbocycles. The summed E-state index contributed by atoms with van der Waals surface area (Å²) in [5, 5.41) is 2.08. The van der Waals surface area contributed by atoms with Crippen LogP contribution in [-0.4, -0.2) is 39.0 Å². The Labute approximate surface area is 210 Å². The van der Waals surface area contributed by atoms with Crippen LogP contribution in [0.2, 0.25) is 0 Å². The Morgan fingerprint density at radius 2 is 1.97 bits per heavy atom. The van der Waals surface area contributed by atoms with Crippen molar-refractivity contribution in [2.24, 2.45) is 0 Å². The van der Waals surface area contributed by atoms with Crippen LogP contribution in [0.3, 0.4) is 0 Å². The molecule has 1 fully saturated rings. The van der Waals surface area contributed by atoms with E-state index in [2.05, 4.69) is 25.1 Å². The molecule has 0 amide bonds. The molecule has 1 N–H and O–H groups in total. The number of hydrogen-bond acceptors (Lipinski definition) is 6. The number of thiazole rings is 1. The van der Waals surface area contributed by atoms with Crippen molar-refractivity contribution in [3.63, 3.8) is 0 Å². The average molecular weight is 509 g/mol. The number of halogens is 2.